The minimum atomic E-state index is 0.410. The van der Waals surface area contributed by atoms with E-state index in [1.165, 1.54) is 0 Å². The molecule has 0 N–H and O–H groups in total. The average molecular weight is 676 g/mol. The number of benzene rings is 8. The van der Waals surface area contributed by atoms with Crippen molar-refractivity contribution in [2.24, 2.45) is 0 Å². The highest BCUT2D eigenvalue weighted by molar-refractivity contribution is 6.22. The van der Waals surface area contributed by atoms with Gasteiger partial charge in [-0.25, -0.2) is 4.85 Å². The van der Waals surface area contributed by atoms with Crippen LogP contribution in [0.1, 0.15) is 5.56 Å². The van der Waals surface area contributed by atoms with Crippen LogP contribution in [0.15, 0.2) is 176 Å². The molecule has 0 radical (unpaired) electrons. The van der Waals surface area contributed by atoms with Crippen LogP contribution in [0.4, 0.5) is 22.7 Å². The zero-order chi connectivity index (χ0) is 35.5. The second-order valence-corrected chi connectivity index (χ2v) is 13.2. The molecule has 8 aromatic carbocycles. The first-order valence-corrected chi connectivity index (χ1v) is 17.5. The third-order valence-electron chi connectivity index (χ3n) is 10.3. The average Bonchev–Trinajstić information content (AvgIpc) is 3.74. The van der Waals surface area contributed by atoms with Gasteiger partial charge >= 0.3 is 0 Å². The van der Waals surface area contributed by atoms with Crippen LogP contribution < -0.4 is 4.90 Å². The van der Waals surface area contributed by atoms with Crippen LogP contribution in [0, 0.1) is 17.9 Å². The molecule has 0 aliphatic heterocycles. The van der Waals surface area contributed by atoms with Gasteiger partial charge in [-0.2, -0.15) is 5.26 Å². The van der Waals surface area contributed by atoms with Crippen LogP contribution in [-0.2, 0) is 0 Å². The van der Waals surface area contributed by atoms with Gasteiger partial charge in [0.05, 0.1) is 45.6 Å². The Labute approximate surface area is 305 Å². The quantitative estimate of drug-likeness (QED) is 0.170. The van der Waals surface area contributed by atoms with Crippen molar-refractivity contribution in [2.75, 3.05) is 4.90 Å². The Morgan fingerprint density at radius 3 is 1.70 bits per heavy atom. The van der Waals surface area contributed by atoms with E-state index in [9.17, 15) is 5.26 Å². The van der Waals surface area contributed by atoms with Gasteiger partial charge in [0, 0.05) is 38.6 Å². The van der Waals surface area contributed by atoms with Crippen molar-refractivity contribution in [2.45, 2.75) is 0 Å². The lowest BCUT2D eigenvalue weighted by molar-refractivity contribution is 1.09. The van der Waals surface area contributed by atoms with Crippen molar-refractivity contribution in [3.63, 3.8) is 0 Å². The third kappa shape index (κ3) is 4.62. The van der Waals surface area contributed by atoms with Gasteiger partial charge in [0.2, 0.25) is 0 Å². The first-order chi connectivity index (χ1) is 26.2. The number of nitriles is 1. The summed E-state index contributed by atoms with van der Waals surface area (Å²) in [4.78, 5) is 6.16. The normalized spacial score (nSPS) is 11.4. The lowest BCUT2D eigenvalue weighted by Crippen LogP contribution is -2.09. The molecular weight excluding hydrogens is 647 g/mol. The molecule has 0 amide bonds. The lowest BCUT2D eigenvalue weighted by Gasteiger charge is -2.25. The van der Waals surface area contributed by atoms with E-state index in [4.69, 9.17) is 6.57 Å². The zero-order valence-corrected chi connectivity index (χ0v) is 28.5. The second-order valence-electron chi connectivity index (χ2n) is 13.2. The molecule has 0 bridgehead atoms. The SMILES string of the molecule is [C-]#[N+]c1cc(C#N)c(-n2c3ccccc3c3ccccc32)c(-n2c3ccc(N(c4ccccc4)c4ccccc4)cc3c3c4ccccc4ccc32)c1. The summed E-state index contributed by atoms with van der Waals surface area (Å²) < 4.78 is 4.45. The van der Waals surface area contributed by atoms with Crippen molar-refractivity contribution < 1.29 is 0 Å². The number of aromatic nitrogens is 2. The highest BCUT2D eigenvalue weighted by Crippen LogP contribution is 2.44. The van der Waals surface area contributed by atoms with Gasteiger partial charge in [-0.15, -0.1) is 0 Å². The molecule has 2 aromatic heterocycles. The molecule has 0 saturated carbocycles. The summed E-state index contributed by atoms with van der Waals surface area (Å²) in [6.45, 7) is 8.11. The maximum atomic E-state index is 10.8. The molecule has 5 heteroatoms. The van der Waals surface area contributed by atoms with E-state index in [1.54, 1.807) is 6.07 Å². The number of hydrogen-bond donors (Lipinski definition) is 0. The van der Waals surface area contributed by atoms with E-state index in [1.807, 2.05) is 30.3 Å². The molecule has 2 heterocycles. The van der Waals surface area contributed by atoms with Gasteiger partial charge in [-0.05, 0) is 83.6 Å². The van der Waals surface area contributed by atoms with E-state index < -0.39 is 0 Å². The molecule has 0 aliphatic carbocycles. The van der Waals surface area contributed by atoms with Gasteiger partial charge < -0.3 is 14.0 Å². The van der Waals surface area contributed by atoms with Gasteiger partial charge in [0.15, 0.2) is 5.69 Å². The third-order valence-corrected chi connectivity index (χ3v) is 10.3. The maximum Gasteiger partial charge on any atom is 0.190 e. The Bertz CT molecular complexity index is 3050. The van der Waals surface area contributed by atoms with Crippen LogP contribution in [0.2, 0.25) is 0 Å². The summed E-state index contributed by atoms with van der Waals surface area (Å²) in [5, 5.41) is 17.5. The summed E-state index contributed by atoms with van der Waals surface area (Å²) in [5.74, 6) is 0. The number of fused-ring (bicyclic) bond motifs is 8. The minimum Gasteiger partial charge on any atom is -0.310 e. The Balaban J connectivity index is 1.36. The molecule has 0 unspecified atom stereocenters. The summed E-state index contributed by atoms with van der Waals surface area (Å²) >= 11 is 0. The fourth-order valence-corrected chi connectivity index (χ4v) is 8.10. The van der Waals surface area contributed by atoms with Gasteiger partial charge in [-0.1, -0.05) is 103 Å². The minimum absolute atomic E-state index is 0.410. The van der Waals surface area contributed by atoms with E-state index in [2.05, 4.69) is 164 Å². The Hall–Kier alpha value is -7.60. The molecule has 0 spiro atoms. The standard InChI is InChI=1S/C48H29N5/c1-50-34-28-33(31-49)48(53-42-22-12-10-20-39(42)40-21-11-13-23-43(40)53)46(29-34)52-44-27-25-37(51(35-15-4-2-5-16-35)36-17-6-3-7-18-36)30-41(44)47-38-19-9-8-14-32(38)24-26-45(47)52/h2-30H. The molecular formula is C48H29N5. The van der Waals surface area contributed by atoms with Crippen molar-refractivity contribution in [3.05, 3.63) is 193 Å². The first kappa shape index (κ1) is 30.2. The van der Waals surface area contributed by atoms with Gasteiger partial charge in [0.25, 0.3) is 0 Å². The highest BCUT2D eigenvalue weighted by atomic mass is 15.1. The molecule has 10 rings (SSSR count). The molecule has 0 fully saturated rings. The van der Waals surface area contributed by atoms with E-state index in [0.29, 0.717) is 11.3 Å². The first-order valence-electron chi connectivity index (χ1n) is 17.5. The Morgan fingerprint density at radius 2 is 1.06 bits per heavy atom. The van der Waals surface area contributed by atoms with Crippen LogP contribution in [0.25, 0.3) is 70.6 Å². The van der Waals surface area contributed by atoms with Crippen molar-refractivity contribution in [1.82, 2.24) is 9.13 Å². The second kappa shape index (κ2) is 12.0. The van der Waals surface area contributed by atoms with Crippen LogP contribution in [0.5, 0.6) is 0 Å². The van der Waals surface area contributed by atoms with Crippen molar-refractivity contribution >= 4 is 77.1 Å². The smallest absolute Gasteiger partial charge is 0.190 e. The fraction of sp³-hybridized carbons (Fsp3) is 0. The summed E-state index contributed by atoms with van der Waals surface area (Å²) in [7, 11) is 0. The monoisotopic (exact) mass is 675 g/mol. The van der Waals surface area contributed by atoms with Crippen LogP contribution in [0.3, 0.4) is 0 Å². The number of anilines is 3. The molecule has 246 valence electrons. The van der Waals surface area contributed by atoms with Crippen molar-refractivity contribution in [3.8, 4) is 17.4 Å². The topological polar surface area (TPSA) is 41.2 Å². The summed E-state index contributed by atoms with van der Waals surface area (Å²) in [5.41, 5.74) is 9.47. The largest absolute Gasteiger partial charge is 0.310 e. The van der Waals surface area contributed by atoms with E-state index in [0.717, 1.165) is 82.8 Å². The molecule has 0 aliphatic rings. The Kier molecular flexibility index (Phi) is 6.86. The predicted molar refractivity (Wildman–Crippen MR) is 218 cm³/mol. The van der Waals surface area contributed by atoms with E-state index in [-0.39, 0.29) is 0 Å². The number of rotatable bonds is 5. The fourth-order valence-electron chi connectivity index (χ4n) is 8.10. The molecule has 5 nitrogen and oxygen atoms in total. The van der Waals surface area contributed by atoms with Gasteiger partial charge in [0.1, 0.15) is 6.07 Å². The maximum absolute atomic E-state index is 10.8. The zero-order valence-electron chi connectivity index (χ0n) is 28.5. The number of hydrogen-bond acceptors (Lipinski definition) is 2. The van der Waals surface area contributed by atoms with Crippen LogP contribution >= 0.6 is 0 Å². The summed E-state index contributed by atoms with van der Waals surface area (Å²) in [6, 6.07) is 63.2. The van der Waals surface area contributed by atoms with E-state index >= 15 is 0 Å². The molecule has 10 aromatic rings. The highest BCUT2D eigenvalue weighted by Gasteiger charge is 2.24. The molecule has 0 saturated heterocycles. The lowest BCUT2D eigenvalue weighted by atomic mass is 10.0. The number of para-hydroxylation sites is 4. The van der Waals surface area contributed by atoms with Crippen LogP contribution in [-0.4, -0.2) is 9.13 Å². The van der Waals surface area contributed by atoms with Crippen molar-refractivity contribution in [1.29, 1.82) is 5.26 Å². The molecule has 0 atom stereocenters. The molecule has 53 heavy (non-hydrogen) atoms. The van der Waals surface area contributed by atoms with Gasteiger partial charge in [-0.3, -0.25) is 0 Å². The number of nitrogens with zero attached hydrogens (tertiary/aromatic N) is 5. The summed E-state index contributed by atoms with van der Waals surface area (Å²) in [6.07, 6.45) is 0. The Morgan fingerprint density at radius 1 is 0.491 bits per heavy atom. The predicted octanol–water partition coefficient (Wildman–Crippen LogP) is 12.9.